The molecule has 2 aliphatic rings. The molecule has 0 bridgehead atoms. The van der Waals surface area contributed by atoms with E-state index in [0.717, 1.165) is 24.2 Å². The minimum absolute atomic E-state index is 0.0721. The van der Waals surface area contributed by atoms with Crippen molar-refractivity contribution in [3.8, 4) is 0 Å². The summed E-state index contributed by atoms with van der Waals surface area (Å²) in [5.41, 5.74) is 1.29. The molecule has 1 fully saturated rings. The third kappa shape index (κ3) is 4.47. The Morgan fingerprint density at radius 3 is 2.59 bits per heavy atom. The number of hydrogen-bond donors (Lipinski definition) is 3. The number of fused-ring (bicyclic) bond motifs is 1. The third-order valence-electron chi connectivity index (χ3n) is 5.75. The summed E-state index contributed by atoms with van der Waals surface area (Å²) in [4.78, 5) is 12.9. The van der Waals surface area contributed by atoms with Gasteiger partial charge in [-0.15, -0.1) is 0 Å². The van der Waals surface area contributed by atoms with Crippen LogP contribution in [0.2, 0.25) is 5.02 Å². The summed E-state index contributed by atoms with van der Waals surface area (Å²) < 4.78 is 55.1. The van der Waals surface area contributed by atoms with Crippen LogP contribution < -0.4 is 10.6 Å². The van der Waals surface area contributed by atoms with Gasteiger partial charge in [0.05, 0.1) is 16.8 Å². The standard InChI is InChI=1S/C20H23ClF2N4O4S/c21-17-18(24-11-32(30,31)26-8-5-13(28)6-9-26)16-2-1-7-27(16)19(17)20(29)25-12-3-4-14(22)15(23)10-12/h3-4,10,13,24,28H,1-2,5-9,11H2,(H,25,29). The van der Waals surface area contributed by atoms with Gasteiger partial charge in [-0.25, -0.2) is 21.5 Å². The third-order valence-corrected chi connectivity index (χ3v) is 7.78. The number of aliphatic hydroxyl groups excluding tert-OH is 1. The van der Waals surface area contributed by atoms with Crippen molar-refractivity contribution in [1.29, 1.82) is 0 Å². The molecule has 2 aromatic rings. The van der Waals surface area contributed by atoms with Gasteiger partial charge in [0, 0.05) is 37.1 Å². The number of carbonyl (C=O) groups is 1. The van der Waals surface area contributed by atoms with Crippen molar-refractivity contribution < 1.29 is 27.1 Å². The molecule has 1 amide bonds. The van der Waals surface area contributed by atoms with Crippen molar-refractivity contribution in [3.05, 3.63) is 46.2 Å². The summed E-state index contributed by atoms with van der Waals surface area (Å²) in [6.45, 7) is 1.01. The molecule has 12 heteroatoms. The molecule has 1 aromatic carbocycles. The number of nitrogens with one attached hydrogen (secondary N) is 2. The Labute approximate surface area is 189 Å². The van der Waals surface area contributed by atoms with E-state index in [9.17, 15) is 27.1 Å². The van der Waals surface area contributed by atoms with Gasteiger partial charge in [-0.1, -0.05) is 11.6 Å². The fourth-order valence-electron chi connectivity index (χ4n) is 4.09. The molecule has 32 heavy (non-hydrogen) atoms. The summed E-state index contributed by atoms with van der Waals surface area (Å²) >= 11 is 6.48. The van der Waals surface area contributed by atoms with Gasteiger partial charge in [0.15, 0.2) is 11.6 Å². The van der Waals surface area contributed by atoms with Crippen LogP contribution in [0.4, 0.5) is 20.2 Å². The lowest BCUT2D eigenvalue weighted by Gasteiger charge is -2.28. The fraction of sp³-hybridized carbons (Fsp3) is 0.450. The van der Waals surface area contributed by atoms with E-state index < -0.39 is 39.5 Å². The smallest absolute Gasteiger partial charge is 0.273 e. The number of rotatable bonds is 6. The lowest BCUT2D eigenvalue weighted by atomic mass is 10.1. The summed E-state index contributed by atoms with van der Waals surface area (Å²) in [5, 5.41) is 15.1. The zero-order chi connectivity index (χ0) is 23.0. The first-order valence-electron chi connectivity index (χ1n) is 10.2. The number of hydrogen-bond acceptors (Lipinski definition) is 5. The molecule has 0 unspecified atom stereocenters. The number of piperidine rings is 1. The minimum atomic E-state index is -3.64. The monoisotopic (exact) mass is 488 g/mol. The Bertz CT molecular complexity index is 1150. The maximum Gasteiger partial charge on any atom is 0.273 e. The predicted molar refractivity (Wildman–Crippen MR) is 116 cm³/mol. The highest BCUT2D eigenvalue weighted by molar-refractivity contribution is 7.89. The van der Waals surface area contributed by atoms with Crippen LogP contribution in [-0.4, -0.2) is 53.4 Å². The number of amides is 1. The quantitative estimate of drug-likeness (QED) is 0.580. The highest BCUT2D eigenvalue weighted by atomic mass is 35.5. The molecule has 3 N–H and O–H groups in total. The van der Waals surface area contributed by atoms with Gasteiger partial charge >= 0.3 is 0 Å². The van der Waals surface area contributed by atoms with Crippen LogP contribution in [0.5, 0.6) is 0 Å². The Kier molecular flexibility index (Phi) is 6.44. The van der Waals surface area contributed by atoms with Gasteiger partial charge in [-0.3, -0.25) is 4.79 Å². The molecule has 174 valence electrons. The van der Waals surface area contributed by atoms with E-state index in [1.165, 1.54) is 10.4 Å². The van der Waals surface area contributed by atoms with Crippen LogP contribution >= 0.6 is 11.6 Å². The Morgan fingerprint density at radius 2 is 1.91 bits per heavy atom. The van der Waals surface area contributed by atoms with E-state index >= 15 is 0 Å². The molecule has 3 heterocycles. The first kappa shape index (κ1) is 23.0. The highest BCUT2D eigenvalue weighted by Gasteiger charge is 2.31. The number of carbonyl (C=O) groups excluding carboxylic acids is 1. The number of halogens is 3. The van der Waals surface area contributed by atoms with Gasteiger partial charge in [-0.05, 0) is 37.8 Å². The molecule has 1 saturated heterocycles. The van der Waals surface area contributed by atoms with Crippen LogP contribution in [0, 0.1) is 11.6 Å². The van der Waals surface area contributed by atoms with E-state index in [1.807, 2.05) is 0 Å². The fourth-order valence-corrected chi connectivity index (χ4v) is 5.73. The number of anilines is 2. The lowest BCUT2D eigenvalue weighted by Crippen LogP contribution is -2.42. The molecular formula is C20H23ClF2N4O4S. The highest BCUT2D eigenvalue weighted by Crippen LogP contribution is 2.38. The van der Waals surface area contributed by atoms with Crippen LogP contribution in [-0.2, 0) is 23.0 Å². The molecule has 4 rings (SSSR count). The van der Waals surface area contributed by atoms with E-state index in [1.54, 1.807) is 4.57 Å². The van der Waals surface area contributed by atoms with E-state index in [2.05, 4.69) is 10.6 Å². The lowest BCUT2D eigenvalue weighted by molar-refractivity contribution is 0.101. The average Bonchev–Trinajstić information content (AvgIpc) is 3.29. The normalized spacial score (nSPS) is 17.4. The SMILES string of the molecule is O=C(Nc1ccc(F)c(F)c1)c1c(Cl)c(NCS(=O)(=O)N2CCC(O)CC2)c2n1CCC2. The van der Waals surface area contributed by atoms with Gasteiger partial charge in [0.2, 0.25) is 10.0 Å². The molecule has 0 saturated carbocycles. The topological polar surface area (TPSA) is 104 Å². The maximum atomic E-state index is 13.5. The molecule has 0 radical (unpaired) electrons. The van der Waals surface area contributed by atoms with Crippen molar-refractivity contribution in [2.75, 3.05) is 29.6 Å². The van der Waals surface area contributed by atoms with E-state index in [4.69, 9.17) is 11.6 Å². The number of aromatic nitrogens is 1. The summed E-state index contributed by atoms with van der Waals surface area (Å²) in [6.07, 6.45) is 1.64. The summed E-state index contributed by atoms with van der Waals surface area (Å²) in [5.74, 6) is -3.12. The Morgan fingerprint density at radius 1 is 1.19 bits per heavy atom. The molecule has 2 aliphatic heterocycles. The predicted octanol–water partition coefficient (Wildman–Crippen LogP) is 2.77. The summed E-state index contributed by atoms with van der Waals surface area (Å²) in [7, 11) is -3.64. The number of sulfonamides is 1. The molecule has 8 nitrogen and oxygen atoms in total. The zero-order valence-corrected chi connectivity index (χ0v) is 18.6. The van der Waals surface area contributed by atoms with Crippen LogP contribution in [0.25, 0.3) is 0 Å². The van der Waals surface area contributed by atoms with Crippen molar-refractivity contribution in [3.63, 3.8) is 0 Å². The number of benzene rings is 1. The second-order valence-electron chi connectivity index (χ2n) is 7.89. The molecular weight excluding hydrogens is 466 g/mol. The second-order valence-corrected chi connectivity index (χ2v) is 10.2. The van der Waals surface area contributed by atoms with Crippen molar-refractivity contribution in [1.82, 2.24) is 8.87 Å². The van der Waals surface area contributed by atoms with Crippen molar-refractivity contribution in [2.45, 2.75) is 38.3 Å². The largest absolute Gasteiger partial charge is 0.393 e. The van der Waals surface area contributed by atoms with Crippen LogP contribution in [0.1, 0.15) is 35.4 Å². The first-order valence-corrected chi connectivity index (χ1v) is 12.2. The molecule has 0 spiro atoms. The molecule has 0 aliphatic carbocycles. The van der Waals surface area contributed by atoms with Gasteiger partial charge in [-0.2, -0.15) is 0 Å². The zero-order valence-electron chi connectivity index (χ0n) is 17.1. The van der Waals surface area contributed by atoms with Crippen LogP contribution in [0.15, 0.2) is 18.2 Å². The minimum Gasteiger partial charge on any atom is -0.393 e. The van der Waals surface area contributed by atoms with E-state index in [0.29, 0.717) is 31.5 Å². The van der Waals surface area contributed by atoms with Crippen LogP contribution in [0.3, 0.4) is 0 Å². The molecule has 0 atom stereocenters. The summed E-state index contributed by atoms with van der Waals surface area (Å²) in [6, 6.07) is 3.02. The number of nitrogens with zero attached hydrogens (tertiary/aromatic N) is 2. The van der Waals surface area contributed by atoms with Gasteiger partial charge in [0.1, 0.15) is 11.6 Å². The van der Waals surface area contributed by atoms with E-state index in [-0.39, 0.29) is 29.5 Å². The van der Waals surface area contributed by atoms with Gasteiger partial charge in [0.25, 0.3) is 5.91 Å². The Hall–Kier alpha value is -2.21. The van der Waals surface area contributed by atoms with Crippen molar-refractivity contribution in [2.24, 2.45) is 0 Å². The maximum absolute atomic E-state index is 13.5. The second kappa shape index (κ2) is 8.97. The Balaban J connectivity index is 1.54. The average molecular weight is 489 g/mol. The number of aliphatic hydroxyl groups is 1. The molecule has 1 aromatic heterocycles. The van der Waals surface area contributed by atoms with Crippen molar-refractivity contribution >= 4 is 38.9 Å². The van der Waals surface area contributed by atoms with Gasteiger partial charge < -0.3 is 20.3 Å². The first-order chi connectivity index (χ1) is 15.2.